The Hall–Kier alpha value is -4.60. The van der Waals surface area contributed by atoms with Crippen LogP contribution in [0.4, 0.5) is 5.69 Å². The van der Waals surface area contributed by atoms with Crippen molar-refractivity contribution in [1.82, 2.24) is 4.90 Å². The zero-order valence-corrected chi connectivity index (χ0v) is 18.3. The van der Waals surface area contributed by atoms with Crippen molar-refractivity contribution < 1.29 is 33.5 Å². The van der Waals surface area contributed by atoms with E-state index in [1.165, 1.54) is 43.6 Å². The van der Waals surface area contributed by atoms with Gasteiger partial charge >= 0.3 is 0 Å². The molecule has 10 heteroatoms. The first kappa shape index (κ1) is 22.6. The van der Waals surface area contributed by atoms with E-state index in [0.717, 1.165) is 6.07 Å². The highest BCUT2D eigenvalue weighted by Crippen LogP contribution is 2.42. The van der Waals surface area contributed by atoms with E-state index in [4.69, 9.17) is 13.9 Å². The van der Waals surface area contributed by atoms with Gasteiger partial charge in [-0.25, -0.2) is 0 Å². The van der Waals surface area contributed by atoms with Crippen LogP contribution in [-0.4, -0.2) is 40.8 Å². The standard InChI is InChI=1S/C24H20N2O8/c1-32-18-9-8-14(12-19(18)33-2)21-20(22(27)15-5-3-6-16(11-15)26(30)31)23(28)24(29)25(21)13-17-7-4-10-34-17/h3-12,21,27H,13H2,1-2H3/t21-/m0/s1. The Morgan fingerprint density at radius 3 is 2.50 bits per heavy atom. The first-order valence-corrected chi connectivity index (χ1v) is 10.1. The number of aliphatic hydroxyl groups is 1. The highest BCUT2D eigenvalue weighted by atomic mass is 16.6. The average molecular weight is 464 g/mol. The number of furan rings is 1. The molecule has 1 aliphatic heterocycles. The molecule has 2 aromatic carbocycles. The van der Waals surface area contributed by atoms with E-state index in [2.05, 4.69) is 0 Å². The predicted molar refractivity (Wildman–Crippen MR) is 119 cm³/mol. The number of aliphatic hydroxyl groups excluding tert-OH is 1. The lowest BCUT2D eigenvalue weighted by Gasteiger charge is -2.25. The highest BCUT2D eigenvalue weighted by molar-refractivity contribution is 6.46. The fraction of sp³-hybridized carbons (Fsp3) is 0.167. The monoisotopic (exact) mass is 464 g/mol. The van der Waals surface area contributed by atoms with E-state index in [1.807, 2.05) is 0 Å². The number of amides is 1. The first-order valence-electron chi connectivity index (χ1n) is 10.1. The number of non-ortho nitro benzene ring substituents is 1. The van der Waals surface area contributed by atoms with Crippen molar-refractivity contribution in [3.05, 3.63) is 93.4 Å². The minimum absolute atomic E-state index is 0.0377. The van der Waals surface area contributed by atoms with Crippen molar-refractivity contribution in [3.8, 4) is 11.5 Å². The Morgan fingerprint density at radius 2 is 1.85 bits per heavy atom. The zero-order chi connectivity index (χ0) is 24.4. The summed E-state index contributed by atoms with van der Waals surface area (Å²) in [6.07, 6.45) is 1.44. The minimum atomic E-state index is -1.01. The zero-order valence-electron chi connectivity index (χ0n) is 18.3. The molecule has 4 rings (SSSR count). The van der Waals surface area contributed by atoms with Gasteiger partial charge in [-0.3, -0.25) is 19.7 Å². The predicted octanol–water partition coefficient (Wildman–Crippen LogP) is 3.83. The number of hydrogen-bond acceptors (Lipinski definition) is 8. The van der Waals surface area contributed by atoms with Gasteiger partial charge in [0.05, 0.1) is 43.6 Å². The summed E-state index contributed by atoms with van der Waals surface area (Å²) in [4.78, 5) is 38.0. The quantitative estimate of drug-likeness (QED) is 0.183. The van der Waals surface area contributed by atoms with Gasteiger partial charge in [-0.05, 0) is 29.8 Å². The molecule has 1 atom stereocenters. The van der Waals surface area contributed by atoms with Gasteiger partial charge in [0, 0.05) is 17.7 Å². The number of nitrogens with zero attached hydrogens (tertiary/aromatic N) is 2. The Bertz CT molecular complexity index is 1300. The Balaban J connectivity index is 1.91. The lowest BCUT2D eigenvalue weighted by molar-refractivity contribution is -0.384. The van der Waals surface area contributed by atoms with Crippen LogP contribution in [0.3, 0.4) is 0 Å². The number of Topliss-reactive ketones (excluding diaryl/α,β-unsaturated/α-hetero) is 1. The number of ketones is 1. The summed E-state index contributed by atoms with van der Waals surface area (Å²) in [6, 6.07) is 12.4. The summed E-state index contributed by atoms with van der Waals surface area (Å²) < 4.78 is 16.0. The summed E-state index contributed by atoms with van der Waals surface area (Å²) in [5, 5.41) is 22.3. The van der Waals surface area contributed by atoms with Gasteiger partial charge in [-0.1, -0.05) is 18.2 Å². The maximum atomic E-state index is 13.1. The molecular formula is C24H20N2O8. The lowest BCUT2D eigenvalue weighted by Crippen LogP contribution is -2.29. The minimum Gasteiger partial charge on any atom is -0.507 e. The number of hydrogen-bond donors (Lipinski definition) is 1. The summed E-state index contributed by atoms with van der Waals surface area (Å²) in [7, 11) is 2.92. The van der Waals surface area contributed by atoms with Gasteiger partial charge in [-0.15, -0.1) is 0 Å². The summed E-state index contributed by atoms with van der Waals surface area (Å²) >= 11 is 0. The molecule has 0 unspecified atom stereocenters. The highest BCUT2D eigenvalue weighted by Gasteiger charge is 2.46. The van der Waals surface area contributed by atoms with Crippen molar-refractivity contribution >= 4 is 23.1 Å². The second-order valence-electron chi connectivity index (χ2n) is 7.43. The summed E-state index contributed by atoms with van der Waals surface area (Å²) in [6.45, 7) is -0.0394. The molecule has 1 amide bonds. The molecule has 3 aromatic rings. The fourth-order valence-electron chi connectivity index (χ4n) is 3.91. The third kappa shape index (κ3) is 3.96. The number of benzene rings is 2. The molecule has 0 aliphatic carbocycles. The molecule has 1 fully saturated rings. The van der Waals surface area contributed by atoms with Gasteiger partial charge in [0.2, 0.25) is 0 Å². The number of nitro groups is 1. The fourth-order valence-corrected chi connectivity index (χ4v) is 3.91. The van der Waals surface area contributed by atoms with Crippen LogP contribution in [0, 0.1) is 10.1 Å². The van der Waals surface area contributed by atoms with Crippen molar-refractivity contribution in [2.24, 2.45) is 0 Å². The van der Waals surface area contributed by atoms with Gasteiger partial charge in [0.1, 0.15) is 11.5 Å². The topological polar surface area (TPSA) is 132 Å². The summed E-state index contributed by atoms with van der Waals surface area (Å²) in [5.74, 6) is -1.06. The number of ether oxygens (including phenoxy) is 2. The van der Waals surface area contributed by atoms with Crippen LogP contribution >= 0.6 is 0 Å². The van der Waals surface area contributed by atoms with E-state index in [0.29, 0.717) is 22.8 Å². The molecule has 1 saturated heterocycles. The van der Waals surface area contributed by atoms with E-state index >= 15 is 0 Å². The van der Waals surface area contributed by atoms with Crippen LogP contribution in [0.5, 0.6) is 11.5 Å². The van der Waals surface area contributed by atoms with Crippen LogP contribution in [0.15, 0.2) is 70.9 Å². The third-order valence-corrected chi connectivity index (χ3v) is 5.50. The van der Waals surface area contributed by atoms with Crippen LogP contribution < -0.4 is 9.47 Å². The van der Waals surface area contributed by atoms with Crippen LogP contribution in [-0.2, 0) is 16.1 Å². The number of carbonyl (C=O) groups excluding carboxylic acids is 2. The van der Waals surface area contributed by atoms with Crippen LogP contribution in [0.2, 0.25) is 0 Å². The molecule has 1 aromatic heterocycles. The second-order valence-corrected chi connectivity index (χ2v) is 7.43. The molecule has 0 spiro atoms. The molecule has 0 radical (unpaired) electrons. The molecule has 0 saturated carbocycles. The molecule has 0 bridgehead atoms. The van der Waals surface area contributed by atoms with Crippen molar-refractivity contribution in [2.75, 3.05) is 14.2 Å². The molecule has 34 heavy (non-hydrogen) atoms. The first-order chi connectivity index (χ1) is 16.3. The largest absolute Gasteiger partial charge is 0.507 e. The number of methoxy groups -OCH3 is 2. The molecule has 2 heterocycles. The average Bonchev–Trinajstić information content (AvgIpc) is 3.45. The molecule has 174 valence electrons. The Kier molecular flexibility index (Phi) is 6.05. The van der Waals surface area contributed by atoms with Crippen molar-refractivity contribution in [2.45, 2.75) is 12.6 Å². The number of carbonyl (C=O) groups is 2. The van der Waals surface area contributed by atoms with E-state index < -0.39 is 28.4 Å². The smallest absolute Gasteiger partial charge is 0.296 e. The summed E-state index contributed by atoms with van der Waals surface area (Å²) in [5.41, 5.74) is 0.0341. The maximum absolute atomic E-state index is 13.1. The van der Waals surface area contributed by atoms with Gasteiger partial charge in [0.15, 0.2) is 11.5 Å². The molecular weight excluding hydrogens is 444 g/mol. The molecule has 10 nitrogen and oxygen atoms in total. The lowest BCUT2D eigenvalue weighted by atomic mass is 9.94. The Labute approximate surface area is 193 Å². The van der Waals surface area contributed by atoms with Crippen LogP contribution in [0.25, 0.3) is 5.76 Å². The third-order valence-electron chi connectivity index (χ3n) is 5.50. The number of likely N-dealkylation sites (tertiary alicyclic amines) is 1. The molecule has 1 aliphatic rings. The van der Waals surface area contributed by atoms with Crippen molar-refractivity contribution in [1.29, 1.82) is 0 Å². The Morgan fingerprint density at radius 1 is 1.09 bits per heavy atom. The van der Waals surface area contributed by atoms with Gasteiger partial charge in [-0.2, -0.15) is 0 Å². The van der Waals surface area contributed by atoms with Crippen LogP contribution in [0.1, 0.15) is 22.9 Å². The van der Waals surface area contributed by atoms with Crippen molar-refractivity contribution in [3.63, 3.8) is 0 Å². The SMILES string of the molecule is COc1ccc([C@H]2C(=C(O)c3cccc([N+](=O)[O-])c3)C(=O)C(=O)N2Cc2ccco2)cc1OC. The number of rotatable bonds is 7. The van der Waals surface area contributed by atoms with Gasteiger partial charge in [0.25, 0.3) is 17.4 Å². The second kappa shape index (κ2) is 9.10. The van der Waals surface area contributed by atoms with E-state index in [9.17, 15) is 24.8 Å². The van der Waals surface area contributed by atoms with Gasteiger partial charge < -0.3 is 23.9 Å². The molecule has 1 N–H and O–H groups in total. The maximum Gasteiger partial charge on any atom is 0.296 e. The van der Waals surface area contributed by atoms with E-state index in [-0.39, 0.29) is 23.4 Å². The number of nitro benzene ring substituents is 1. The van der Waals surface area contributed by atoms with E-state index in [1.54, 1.807) is 30.3 Å². The normalized spacial score (nSPS) is 17.1.